The summed E-state index contributed by atoms with van der Waals surface area (Å²) < 4.78 is 0. The van der Waals surface area contributed by atoms with Crippen molar-refractivity contribution >= 4 is 6.47 Å². The third-order valence-electron chi connectivity index (χ3n) is 2.21. The van der Waals surface area contributed by atoms with Crippen LogP contribution in [0.25, 0.3) is 0 Å². The molecule has 1 fully saturated rings. The molecule has 0 aromatic heterocycles. The van der Waals surface area contributed by atoms with E-state index in [9.17, 15) is 0 Å². The van der Waals surface area contributed by atoms with Gasteiger partial charge in [0.15, 0.2) is 0 Å². The maximum absolute atomic E-state index is 8.36. The summed E-state index contributed by atoms with van der Waals surface area (Å²) in [5.41, 5.74) is 0.679. The van der Waals surface area contributed by atoms with Crippen molar-refractivity contribution in [2.24, 2.45) is 5.41 Å². The van der Waals surface area contributed by atoms with Gasteiger partial charge < -0.3 is 5.11 Å². The number of rotatable bonds is 0. The van der Waals surface area contributed by atoms with E-state index in [1.165, 1.54) is 32.1 Å². The molecule has 1 saturated carbocycles. The quantitative estimate of drug-likeness (QED) is 0.550. The molecule has 11 heavy (non-hydrogen) atoms. The van der Waals surface area contributed by atoms with Gasteiger partial charge in [-0.15, -0.1) is 0 Å². The molecule has 2 heteroatoms. The zero-order chi connectivity index (χ0) is 8.74. The van der Waals surface area contributed by atoms with Crippen LogP contribution in [0, 0.1) is 5.41 Å². The van der Waals surface area contributed by atoms with E-state index < -0.39 is 0 Å². The fourth-order valence-corrected chi connectivity index (χ4v) is 1.51. The van der Waals surface area contributed by atoms with Crippen LogP contribution in [0.2, 0.25) is 0 Å². The fraction of sp³-hybridized carbons (Fsp3) is 0.889. The highest BCUT2D eigenvalue weighted by Gasteiger charge is 2.19. The van der Waals surface area contributed by atoms with Crippen LogP contribution < -0.4 is 0 Å². The fourth-order valence-electron chi connectivity index (χ4n) is 1.51. The minimum absolute atomic E-state index is 0.250. The number of hydrogen-bond donors (Lipinski definition) is 1. The molecule has 0 unspecified atom stereocenters. The third-order valence-corrected chi connectivity index (χ3v) is 2.21. The van der Waals surface area contributed by atoms with Crippen molar-refractivity contribution in [1.82, 2.24) is 0 Å². The molecular weight excluding hydrogens is 140 g/mol. The maximum atomic E-state index is 8.36. The average molecular weight is 158 g/mol. The summed E-state index contributed by atoms with van der Waals surface area (Å²) in [4.78, 5) is 8.36. The Morgan fingerprint density at radius 2 is 1.55 bits per heavy atom. The van der Waals surface area contributed by atoms with Crippen molar-refractivity contribution in [3.05, 3.63) is 0 Å². The summed E-state index contributed by atoms with van der Waals surface area (Å²) in [6.07, 6.45) is 7.31. The van der Waals surface area contributed by atoms with Gasteiger partial charge in [-0.1, -0.05) is 33.1 Å². The first-order chi connectivity index (χ1) is 5.12. The molecule has 0 aliphatic heterocycles. The molecule has 0 radical (unpaired) electrons. The molecule has 0 atom stereocenters. The summed E-state index contributed by atoms with van der Waals surface area (Å²) in [7, 11) is 0. The van der Waals surface area contributed by atoms with E-state index in [4.69, 9.17) is 9.90 Å². The van der Waals surface area contributed by atoms with Crippen molar-refractivity contribution in [3.8, 4) is 0 Å². The molecule has 2 nitrogen and oxygen atoms in total. The van der Waals surface area contributed by atoms with E-state index in [2.05, 4.69) is 13.8 Å². The predicted octanol–water partition coefficient (Wildman–Crippen LogP) is 2.68. The molecule has 0 aromatic rings. The minimum atomic E-state index is -0.250. The van der Waals surface area contributed by atoms with Gasteiger partial charge in [0.2, 0.25) is 0 Å². The van der Waals surface area contributed by atoms with Crippen LogP contribution in [0.1, 0.15) is 46.0 Å². The Hall–Kier alpha value is -0.530. The van der Waals surface area contributed by atoms with E-state index in [-0.39, 0.29) is 6.47 Å². The van der Waals surface area contributed by atoms with Crippen molar-refractivity contribution in [1.29, 1.82) is 0 Å². The second kappa shape index (κ2) is 5.16. The van der Waals surface area contributed by atoms with Crippen LogP contribution >= 0.6 is 0 Å². The lowest BCUT2D eigenvalue weighted by atomic mass is 9.78. The van der Waals surface area contributed by atoms with Crippen molar-refractivity contribution in [3.63, 3.8) is 0 Å². The lowest BCUT2D eigenvalue weighted by Crippen LogP contribution is -2.14. The van der Waals surface area contributed by atoms with E-state index >= 15 is 0 Å². The minimum Gasteiger partial charge on any atom is -0.483 e. The van der Waals surface area contributed by atoms with Gasteiger partial charge in [0.25, 0.3) is 6.47 Å². The summed E-state index contributed by atoms with van der Waals surface area (Å²) >= 11 is 0. The Labute approximate surface area is 68.6 Å². The standard InChI is InChI=1S/C8H16.CH2O2/c1-8(2)6-4-3-5-7-8;2-1-3/h3-7H2,1-2H3;1H,(H,2,3). The average Bonchev–Trinajstić information content (AvgIpc) is 1.88. The molecular formula is C9H18O2. The van der Waals surface area contributed by atoms with Gasteiger partial charge >= 0.3 is 0 Å². The Balaban J connectivity index is 0.000000292. The van der Waals surface area contributed by atoms with Gasteiger partial charge in [-0.05, 0) is 18.3 Å². The first kappa shape index (κ1) is 10.5. The molecule has 66 valence electrons. The summed E-state index contributed by atoms with van der Waals surface area (Å²) in [6.45, 7) is 4.51. The molecule has 1 aliphatic carbocycles. The van der Waals surface area contributed by atoms with Crippen molar-refractivity contribution < 1.29 is 9.90 Å². The Morgan fingerprint density at radius 3 is 1.73 bits per heavy atom. The smallest absolute Gasteiger partial charge is 0.290 e. The predicted molar refractivity (Wildman–Crippen MR) is 45.6 cm³/mol. The van der Waals surface area contributed by atoms with Crippen LogP contribution in [0.3, 0.4) is 0 Å². The lowest BCUT2D eigenvalue weighted by Gasteiger charge is -2.28. The van der Waals surface area contributed by atoms with Crippen molar-refractivity contribution in [2.75, 3.05) is 0 Å². The van der Waals surface area contributed by atoms with E-state index in [1.807, 2.05) is 0 Å². The first-order valence-electron chi connectivity index (χ1n) is 4.20. The third kappa shape index (κ3) is 5.89. The van der Waals surface area contributed by atoms with Gasteiger partial charge in [0.05, 0.1) is 0 Å². The zero-order valence-electron chi connectivity index (χ0n) is 7.47. The number of carboxylic acid groups (broad SMARTS) is 1. The van der Waals surface area contributed by atoms with Crippen LogP contribution in [-0.4, -0.2) is 11.6 Å². The van der Waals surface area contributed by atoms with Gasteiger partial charge in [0, 0.05) is 0 Å². The summed E-state index contributed by atoms with van der Waals surface area (Å²) in [6, 6.07) is 0. The van der Waals surface area contributed by atoms with Crippen LogP contribution in [0.4, 0.5) is 0 Å². The molecule has 0 heterocycles. The van der Waals surface area contributed by atoms with Crippen LogP contribution in [-0.2, 0) is 4.79 Å². The van der Waals surface area contributed by atoms with E-state index in [0.717, 1.165) is 0 Å². The van der Waals surface area contributed by atoms with E-state index in [0.29, 0.717) is 5.41 Å². The largest absolute Gasteiger partial charge is 0.483 e. The monoisotopic (exact) mass is 158 g/mol. The van der Waals surface area contributed by atoms with E-state index in [1.54, 1.807) is 0 Å². The Kier molecular flexibility index (Phi) is 4.92. The second-order valence-corrected chi connectivity index (χ2v) is 3.83. The molecule has 0 amide bonds. The normalized spacial score (nSPS) is 21.3. The molecule has 0 saturated heterocycles. The van der Waals surface area contributed by atoms with Crippen LogP contribution in [0.5, 0.6) is 0 Å². The highest BCUT2D eigenvalue weighted by Crippen LogP contribution is 2.34. The second-order valence-electron chi connectivity index (χ2n) is 3.83. The highest BCUT2D eigenvalue weighted by molar-refractivity contribution is 5.32. The number of carbonyl (C=O) groups is 1. The van der Waals surface area contributed by atoms with Gasteiger partial charge in [-0.2, -0.15) is 0 Å². The van der Waals surface area contributed by atoms with Crippen LogP contribution in [0.15, 0.2) is 0 Å². The number of hydrogen-bond acceptors (Lipinski definition) is 1. The highest BCUT2D eigenvalue weighted by atomic mass is 16.3. The Morgan fingerprint density at radius 1 is 1.18 bits per heavy atom. The first-order valence-corrected chi connectivity index (χ1v) is 4.20. The SMILES string of the molecule is CC1(C)CCCCC1.O=CO. The zero-order valence-corrected chi connectivity index (χ0v) is 7.47. The summed E-state index contributed by atoms with van der Waals surface area (Å²) in [5.74, 6) is 0. The molecule has 0 bridgehead atoms. The topological polar surface area (TPSA) is 37.3 Å². The van der Waals surface area contributed by atoms with Gasteiger partial charge in [0.1, 0.15) is 0 Å². The summed E-state index contributed by atoms with van der Waals surface area (Å²) in [5, 5.41) is 6.89. The van der Waals surface area contributed by atoms with Gasteiger partial charge in [-0.3, -0.25) is 4.79 Å². The molecule has 0 spiro atoms. The molecule has 0 aromatic carbocycles. The van der Waals surface area contributed by atoms with Gasteiger partial charge in [-0.25, -0.2) is 0 Å². The lowest BCUT2D eigenvalue weighted by molar-refractivity contribution is -0.122. The Bertz CT molecular complexity index is 100. The molecule has 1 N–H and O–H groups in total. The molecule has 1 rings (SSSR count). The van der Waals surface area contributed by atoms with Crippen molar-refractivity contribution in [2.45, 2.75) is 46.0 Å². The molecule has 1 aliphatic rings. The maximum Gasteiger partial charge on any atom is 0.290 e.